The first kappa shape index (κ1) is 21.2. The predicted octanol–water partition coefficient (Wildman–Crippen LogP) is 2.97. The molecule has 2 saturated heterocycles. The highest BCUT2D eigenvalue weighted by molar-refractivity contribution is 6.32. The van der Waals surface area contributed by atoms with Crippen LogP contribution >= 0.6 is 11.6 Å². The van der Waals surface area contributed by atoms with Gasteiger partial charge in [-0.15, -0.1) is 0 Å². The molecule has 1 aromatic carbocycles. The van der Waals surface area contributed by atoms with Gasteiger partial charge in [-0.05, 0) is 75.9 Å². The fraction of sp³-hybridized carbons (Fsp3) is 0.565. The van der Waals surface area contributed by atoms with Crippen molar-refractivity contribution < 1.29 is 14.3 Å². The van der Waals surface area contributed by atoms with Crippen molar-refractivity contribution in [1.29, 1.82) is 0 Å². The summed E-state index contributed by atoms with van der Waals surface area (Å²) in [6, 6.07) is 7.22. The maximum atomic E-state index is 12.6. The Kier molecular flexibility index (Phi) is 6.95. The van der Waals surface area contributed by atoms with Gasteiger partial charge in [0.1, 0.15) is 6.10 Å². The van der Waals surface area contributed by atoms with Gasteiger partial charge in [0, 0.05) is 17.5 Å². The second-order valence-electron chi connectivity index (χ2n) is 8.47. The number of rotatable bonds is 6. The van der Waals surface area contributed by atoms with Crippen LogP contribution in [0.15, 0.2) is 30.0 Å². The van der Waals surface area contributed by atoms with E-state index in [1.807, 2.05) is 18.2 Å². The van der Waals surface area contributed by atoms with E-state index in [0.717, 1.165) is 31.4 Å². The average Bonchev–Trinajstić information content (AvgIpc) is 3.26. The monoisotopic (exact) mass is 431 g/mol. The van der Waals surface area contributed by atoms with E-state index in [-0.39, 0.29) is 35.6 Å². The number of fused-ring (bicyclic) bond motifs is 1. The third kappa shape index (κ3) is 5.16. The second-order valence-corrected chi connectivity index (χ2v) is 8.88. The lowest BCUT2D eigenvalue weighted by Crippen LogP contribution is -2.54. The summed E-state index contributed by atoms with van der Waals surface area (Å²) >= 11 is 6.19. The molecular formula is C23H30ClN3O3. The summed E-state index contributed by atoms with van der Waals surface area (Å²) in [4.78, 5) is 27.6. The number of morpholine rings is 1. The highest BCUT2D eigenvalue weighted by Crippen LogP contribution is 2.32. The minimum absolute atomic E-state index is 0.0731. The number of hydrogen-bond acceptors (Lipinski definition) is 4. The lowest BCUT2D eigenvalue weighted by molar-refractivity contribution is -0.134. The number of carbonyl (C=O) groups is 2. The highest BCUT2D eigenvalue weighted by Gasteiger charge is 2.40. The van der Waals surface area contributed by atoms with Crippen LogP contribution in [-0.4, -0.2) is 55.0 Å². The summed E-state index contributed by atoms with van der Waals surface area (Å²) < 4.78 is 6.00. The summed E-state index contributed by atoms with van der Waals surface area (Å²) in [6.07, 6.45) is 7.29. The molecule has 0 spiro atoms. The second kappa shape index (κ2) is 9.84. The van der Waals surface area contributed by atoms with Crippen LogP contribution in [0.2, 0.25) is 5.02 Å². The normalized spacial score (nSPS) is 28.0. The first-order valence-corrected chi connectivity index (χ1v) is 11.4. The predicted molar refractivity (Wildman–Crippen MR) is 117 cm³/mol. The topological polar surface area (TPSA) is 70.7 Å². The standard InChI is InChI=1S/C23H30ClN3O3/c24-18-7-2-1-6-16(18)15-21-23(29)26-19-14-17(8-9-20(19)30-21)22(28)25-10-5-13-27-11-3-4-12-27/h1-2,6-7,15,17,19-20H,3-5,8-14H2,(H,25,28)(H,26,29)/b21-15-. The van der Waals surface area contributed by atoms with Crippen molar-refractivity contribution in [2.45, 2.75) is 50.7 Å². The minimum atomic E-state index is -0.247. The van der Waals surface area contributed by atoms with E-state index in [2.05, 4.69) is 15.5 Å². The van der Waals surface area contributed by atoms with Gasteiger partial charge < -0.3 is 20.3 Å². The number of halogens is 1. The number of benzene rings is 1. The van der Waals surface area contributed by atoms with Crippen LogP contribution in [0.5, 0.6) is 0 Å². The summed E-state index contributed by atoms with van der Waals surface area (Å²) in [5, 5.41) is 6.70. The van der Waals surface area contributed by atoms with Gasteiger partial charge in [0.15, 0.2) is 5.76 Å². The van der Waals surface area contributed by atoms with Crippen molar-refractivity contribution in [3.63, 3.8) is 0 Å². The van der Waals surface area contributed by atoms with Gasteiger partial charge in [0.2, 0.25) is 5.91 Å². The molecule has 3 atom stereocenters. The Balaban J connectivity index is 1.26. The molecule has 2 N–H and O–H groups in total. The van der Waals surface area contributed by atoms with Crippen molar-refractivity contribution in [2.75, 3.05) is 26.2 Å². The lowest BCUT2D eigenvalue weighted by atomic mass is 9.82. The van der Waals surface area contributed by atoms with E-state index in [1.54, 1.807) is 12.1 Å². The fourth-order valence-corrected chi connectivity index (χ4v) is 4.82. The van der Waals surface area contributed by atoms with Crippen molar-refractivity contribution in [1.82, 2.24) is 15.5 Å². The molecule has 162 valence electrons. The van der Waals surface area contributed by atoms with E-state index in [1.165, 1.54) is 25.9 Å². The zero-order valence-corrected chi connectivity index (χ0v) is 18.0. The Bertz CT molecular complexity index is 807. The van der Waals surface area contributed by atoms with Crippen molar-refractivity contribution in [3.05, 3.63) is 40.6 Å². The number of likely N-dealkylation sites (tertiary alicyclic amines) is 1. The molecule has 3 aliphatic rings. The molecule has 7 heteroatoms. The third-order valence-corrected chi connectivity index (χ3v) is 6.66. The Hall–Kier alpha value is -2.05. The summed E-state index contributed by atoms with van der Waals surface area (Å²) in [5.41, 5.74) is 0.754. The average molecular weight is 432 g/mol. The molecule has 2 aliphatic heterocycles. The zero-order valence-electron chi connectivity index (χ0n) is 17.2. The van der Waals surface area contributed by atoms with Gasteiger partial charge in [-0.1, -0.05) is 29.8 Å². The first-order valence-electron chi connectivity index (χ1n) is 11.0. The largest absolute Gasteiger partial charge is 0.483 e. The lowest BCUT2D eigenvalue weighted by Gasteiger charge is -2.39. The molecule has 0 radical (unpaired) electrons. The Labute approximate surface area is 183 Å². The van der Waals surface area contributed by atoms with Crippen LogP contribution in [0, 0.1) is 5.92 Å². The van der Waals surface area contributed by atoms with Crippen molar-refractivity contribution in [2.24, 2.45) is 5.92 Å². The van der Waals surface area contributed by atoms with Crippen LogP contribution < -0.4 is 10.6 Å². The maximum Gasteiger partial charge on any atom is 0.286 e. The van der Waals surface area contributed by atoms with Crippen molar-refractivity contribution in [3.8, 4) is 0 Å². The molecule has 1 saturated carbocycles. The smallest absolute Gasteiger partial charge is 0.286 e. The molecule has 0 aromatic heterocycles. The Morgan fingerprint density at radius 3 is 2.87 bits per heavy atom. The third-order valence-electron chi connectivity index (χ3n) is 6.32. The molecule has 2 amide bonds. The van der Waals surface area contributed by atoms with Crippen molar-refractivity contribution >= 4 is 29.5 Å². The first-order chi connectivity index (χ1) is 14.6. The summed E-state index contributed by atoms with van der Waals surface area (Å²) in [5.74, 6) is 0.0644. The molecule has 1 aliphatic carbocycles. The van der Waals surface area contributed by atoms with Crippen LogP contribution in [-0.2, 0) is 14.3 Å². The molecule has 1 aromatic rings. The van der Waals surface area contributed by atoms with Crippen LogP contribution in [0.1, 0.15) is 44.1 Å². The zero-order chi connectivity index (χ0) is 20.9. The van der Waals surface area contributed by atoms with Gasteiger partial charge in [0.25, 0.3) is 5.91 Å². The molecule has 3 unspecified atom stereocenters. The molecule has 30 heavy (non-hydrogen) atoms. The SMILES string of the molecule is O=C1NC2CC(C(=O)NCCCN3CCCC3)CCC2O/C1=C\c1ccccc1Cl. The summed E-state index contributed by atoms with van der Waals surface area (Å²) in [7, 11) is 0. The van der Waals surface area contributed by atoms with E-state index < -0.39 is 0 Å². The van der Waals surface area contributed by atoms with Crippen LogP contribution in [0.25, 0.3) is 6.08 Å². The van der Waals surface area contributed by atoms with Gasteiger partial charge in [-0.2, -0.15) is 0 Å². The van der Waals surface area contributed by atoms with E-state index in [4.69, 9.17) is 16.3 Å². The number of amides is 2. The molecule has 4 rings (SSSR count). The number of hydrogen-bond donors (Lipinski definition) is 2. The highest BCUT2D eigenvalue weighted by atomic mass is 35.5. The molecule has 0 bridgehead atoms. The molecular weight excluding hydrogens is 402 g/mol. The maximum absolute atomic E-state index is 12.6. The van der Waals surface area contributed by atoms with Gasteiger partial charge in [0.05, 0.1) is 6.04 Å². The fourth-order valence-electron chi connectivity index (χ4n) is 4.63. The van der Waals surface area contributed by atoms with Gasteiger partial charge in [-0.25, -0.2) is 0 Å². The molecule has 3 fully saturated rings. The van der Waals surface area contributed by atoms with E-state index in [9.17, 15) is 9.59 Å². The van der Waals surface area contributed by atoms with Crippen LogP contribution in [0.3, 0.4) is 0 Å². The van der Waals surface area contributed by atoms with E-state index in [0.29, 0.717) is 18.0 Å². The molecule has 2 heterocycles. The number of nitrogens with zero attached hydrogens (tertiary/aromatic N) is 1. The van der Waals surface area contributed by atoms with Gasteiger partial charge >= 0.3 is 0 Å². The minimum Gasteiger partial charge on any atom is -0.483 e. The quantitative estimate of drug-likeness (QED) is 0.536. The number of ether oxygens (including phenoxy) is 1. The van der Waals surface area contributed by atoms with Gasteiger partial charge in [-0.3, -0.25) is 9.59 Å². The Morgan fingerprint density at radius 1 is 1.27 bits per heavy atom. The number of nitrogens with one attached hydrogen (secondary N) is 2. The van der Waals surface area contributed by atoms with Crippen LogP contribution in [0.4, 0.5) is 0 Å². The molecule has 6 nitrogen and oxygen atoms in total. The van der Waals surface area contributed by atoms with E-state index >= 15 is 0 Å². The Morgan fingerprint density at radius 2 is 2.07 bits per heavy atom. The summed E-state index contributed by atoms with van der Waals surface area (Å²) in [6.45, 7) is 4.14. The number of carbonyl (C=O) groups excluding carboxylic acids is 2.